The van der Waals surface area contributed by atoms with Crippen LogP contribution >= 0.6 is 11.3 Å². The van der Waals surface area contributed by atoms with Gasteiger partial charge in [-0.25, -0.2) is 4.79 Å². The number of aromatic carboxylic acids is 1. The zero-order valence-corrected chi connectivity index (χ0v) is 10.3. The lowest BCUT2D eigenvalue weighted by atomic mass is 10.1. The highest BCUT2D eigenvalue weighted by Gasteiger charge is 2.15. The van der Waals surface area contributed by atoms with Crippen LogP contribution in [-0.2, 0) is 0 Å². The first-order valence-electron chi connectivity index (χ1n) is 5.30. The maximum atomic E-state index is 11.0. The Morgan fingerprint density at radius 1 is 1.33 bits per heavy atom. The molecule has 0 spiro atoms. The van der Waals surface area contributed by atoms with Crippen molar-refractivity contribution >= 4 is 22.3 Å². The van der Waals surface area contributed by atoms with Gasteiger partial charge in [-0.3, -0.25) is 0 Å². The molecule has 0 fully saturated rings. The average molecular weight is 259 g/mol. The Morgan fingerprint density at radius 2 is 2.06 bits per heavy atom. The van der Waals surface area contributed by atoms with Crippen molar-refractivity contribution in [1.29, 1.82) is 0 Å². The molecule has 1 aromatic carbocycles. The number of carboxylic acids is 1. The fraction of sp³-hybridized carbons (Fsp3) is 0.0833. The Bertz CT molecular complexity index is 727. The number of fused-ring (bicyclic) bond motifs is 1. The molecule has 0 aliphatic carbocycles. The van der Waals surface area contributed by atoms with Gasteiger partial charge in [0.1, 0.15) is 0 Å². The molecule has 0 amide bonds. The number of thiazole rings is 1. The molecule has 3 aromatic rings. The minimum absolute atomic E-state index is 0.140. The van der Waals surface area contributed by atoms with Crippen molar-refractivity contribution in [2.45, 2.75) is 6.92 Å². The maximum absolute atomic E-state index is 11.0. The van der Waals surface area contributed by atoms with Crippen LogP contribution in [-0.4, -0.2) is 25.7 Å². The van der Waals surface area contributed by atoms with E-state index in [0.717, 1.165) is 11.1 Å². The smallest absolute Gasteiger partial charge is 0.355 e. The lowest BCUT2D eigenvalue weighted by Crippen LogP contribution is -2.01. The highest BCUT2D eigenvalue weighted by atomic mass is 32.1. The Hall–Kier alpha value is -2.21. The van der Waals surface area contributed by atoms with Crippen LogP contribution in [0.3, 0.4) is 0 Å². The molecule has 0 unspecified atom stereocenters. The molecule has 0 bridgehead atoms. The highest BCUT2D eigenvalue weighted by Crippen LogP contribution is 2.21. The van der Waals surface area contributed by atoms with Crippen molar-refractivity contribution in [3.63, 3.8) is 0 Å². The maximum Gasteiger partial charge on any atom is 0.355 e. The topological polar surface area (TPSA) is 67.5 Å². The third-order valence-corrected chi connectivity index (χ3v) is 3.43. The van der Waals surface area contributed by atoms with E-state index < -0.39 is 5.97 Å². The van der Waals surface area contributed by atoms with E-state index >= 15 is 0 Å². The number of carbonyl (C=O) groups is 1. The zero-order chi connectivity index (χ0) is 12.7. The number of hydrogen-bond donors (Lipinski definition) is 1. The van der Waals surface area contributed by atoms with E-state index in [1.54, 1.807) is 0 Å². The van der Waals surface area contributed by atoms with Crippen LogP contribution in [0.2, 0.25) is 0 Å². The second-order valence-electron chi connectivity index (χ2n) is 3.92. The Labute approximate surface area is 106 Å². The second kappa shape index (κ2) is 3.92. The minimum Gasteiger partial charge on any atom is -0.476 e. The summed E-state index contributed by atoms with van der Waals surface area (Å²) >= 11 is 1.27. The first-order chi connectivity index (χ1) is 8.65. The molecule has 1 N–H and O–H groups in total. The molecular weight excluding hydrogens is 250 g/mol. The highest BCUT2D eigenvalue weighted by molar-refractivity contribution is 7.15. The summed E-state index contributed by atoms with van der Waals surface area (Å²) in [5, 5.41) is 14.8. The van der Waals surface area contributed by atoms with Gasteiger partial charge in [0.2, 0.25) is 4.96 Å². The van der Waals surface area contributed by atoms with E-state index in [0.29, 0.717) is 10.8 Å². The Kier molecular flexibility index (Phi) is 2.38. The van der Waals surface area contributed by atoms with Gasteiger partial charge in [-0.05, 0) is 6.92 Å². The number of rotatable bonds is 2. The molecule has 0 atom stereocenters. The van der Waals surface area contributed by atoms with E-state index in [4.69, 9.17) is 5.11 Å². The SMILES string of the molecule is Cc1ccc(-c2nc3scc(C(=O)O)n3n2)cc1. The largest absolute Gasteiger partial charge is 0.476 e. The van der Waals surface area contributed by atoms with Gasteiger partial charge in [-0.1, -0.05) is 29.8 Å². The monoisotopic (exact) mass is 259 g/mol. The normalized spacial score (nSPS) is 10.9. The zero-order valence-electron chi connectivity index (χ0n) is 9.49. The fourth-order valence-corrected chi connectivity index (χ4v) is 2.45. The predicted molar refractivity (Wildman–Crippen MR) is 68.0 cm³/mol. The van der Waals surface area contributed by atoms with E-state index in [9.17, 15) is 4.79 Å². The number of benzene rings is 1. The molecule has 90 valence electrons. The van der Waals surface area contributed by atoms with Gasteiger partial charge in [0.15, 0.2) is 11.5 Å². The molecule has 2 aromatic heterocycles. The summed E-state index contributed by atoms with van der Waals surface area (Å²) in [6, 6.07) is 7.80. The van der Waals surface area contributed by atoms with E-state index in [2.05, 4.69) is 10.1 Å². The molecule has 0 saturated heterocycles. The third-order valence-electron chi connectivity index (χ3n) is 2.61. The van der Waals surface area contributed by atoms with E-state index in [1.807, 2.05) is 31.2 Å². The van der Waals surface area contributed by atoms with Gasteiger partial charge < -0.3 is 5.11 Å². The van der Waals surface area contributed by atoms with Crippen molar-refractivity contribution in [1.82, 2.24) is 14.6 Å². The van der Waals surface area contributed by atoms with E-state index in [1.165, 1.54) is 21.2 Å². The average Bonchev–Trinajstić information content (AvgIpc) is 2.88. The molecule has 0 aliphatic rings. The number of aromatic nitrogens is 3. The van der Waals surface area contributed by atoms with Crippen molar-refractivity contribution in [2.24, 2.45) is 0 Å². The van der Waals surface area contributed by atoms with Gasteiger partial charge in [-0.2, -0.15) is 9.50 Å². The van der Waals surface area contributed by atoms with Crippen LogP contribution in [0.4, 0.5) is 0 Å². The molecule has 5 nitrogen and oxygen atoms in total. The van der Waals surface area contributed by atoms with Crippen molar-refractivity contribution in [2.75, 3.05) is 0 Å². The Morgan fingerprint density at radius 3 is 2.72 bits per heavy atom. The van der Waals surface area contributed by atoms with Crippen LogP contribution in [0.1, 0.15) is 16.1 Å². The molecule has 0 aliphatic heterocycles. The summed E-state index contributed by atoms with van der Waals surface area (Å²) in [6.45, 7) is 2.01. The molecule has 0 saturated carbocycles. The van der Waals surface area contributed by atoms with Gasteiger partial charge in [-0.15, -0.1) is 16.4 Å². The van der Waals surface area contributed by atoms with Crippen LogP contribution in [0.15, 0.2) is 29.6 Å². The predicted octanol–water partition coefficient (Wildman–Crippen LogP) is 2.46. The van der Waals surface area contributed by atoms with Gasteiger partial charge in [0, 0.05) is 10.9 Å². The summed E-state index contributed by atoms with van der Waals surface area (Å²) in [5.74, 6) is -0.453. The minimum atomic E-state index is -0.999. The summed E-state index contributed by atoms with van der Waals surface area (Å²) in [6.07, 6.45) is 0. The Balaban J connectivity index is 2.13. The quantitative estimate of drug-likeness (QED) is 0.767. The van der Waals surface area contributed by atoms with Crippen molar-refractivity contribution in [3.8, 4) is 11.4 Å². The van der Waals surface area contributed by atoms with Gasteiger partial charge in [0.05, 0.1) is 0 Å². The van der Waals surface area contributed by atoms with Crippen molar-refractivity contribution < 1.29 is 9.90 Å². The summed E-state index contributed by atoms with van der Waals surface area (Å²) in [4.78, 5) is 15.9. The summed E-state index contributed by atoms with van der Waals surface area (Å²) < 4.78 is 1.36. The first-order valence-corrected chi connectivity index (χ1v) is 6.18. The van der Waals surface area contributed by atoms with Crippen LogP contribution < -0.4 is 0 Å². The standard InChI is InChI=1S/C12H9N3O2S/c1-7-2-4-8(5-3-7)10-13-12-15(14-10)9(6-18-12)11(16)17/h2-6H,1H3,(H,16,17). The third kappa shape index (κ3) is 1.67. The molecule has 3 rings (SSSR count). The van der Waals surface area contributed by atoms with Gasteiger partial charge in [0.25, 0.3) is 0 Å². The van der Waals surface area contributed by atoms with Gasteiger partial charge >= 0.3 is 5.97 Å². The van der Waals surface area contributed by atoms with Crippen LogP contribution in [0.5, 0.6) is 0 Å². The van der Waals surface area contributed by atoms with Crippen LogP contribution in [0.25, 0.3) is 16.3 Å². The van der Waals surface area contributed by atoms with Crippen molar-refractivity contribution in [3.05, 3.63) is 40.9 Å². The molecular formula is C12H9N3O2S. The second-order valence-corrected chi connectivity index (χ2v) is 4.76. The first kappa shape index (κ1) is 10.9. The van der Waals surface area contributed by atoms with Crippen LogP contribution in [0, 0.1) is 6.92 Å². The molecule has 6 heteroatoms. The lowest BCUT2D eigenvalue weighted by Gasteiger charge is -1.95. The number of nitrogens with zero attached hydrogens (tertiary/aromatic N) is 3. The van der Waals surface area contributed by atoms with E-state index in [-0.39, 0.29) is 5.69 Å². The lowest BCUT2D eigenvalue weighted by molar-refractivity contribution is 0.0688. The number of hydrogen-bond acceptors (Lipinski definition) is 4. The summed E-state index contributed by atoms with van der Waals surface area (Å²) in [7, 11) is 0. The fourth-order valence-electron chi connectivity index (χ4n) is 1.66. The number of carboxylic acid groups (broad SMARTS) is 1. The molecule has 18 heavy (non-hydrogen) atoms. The molecule has 0 radical (unpaired) electrons. The number of aryl methyl sites for hydroxylation is 1. The molecule has 2 heterocycles. The summed E-state index contributed by atoms with van der Waals surface area (Å²) in [5.41, 5.74) is 2.18.